The van der Waals surface area contributed by atoms with Crippen LogP contribution in [-0.2, 0) is 24.1 Å². The Kier molecular flexibility index (Phi) is 5.23. The van der Waals surface area contributed by atoms with E-state index in [2.05, 4.69) is 48.5 Å². The monoisotopic (exact) mass is 393 g/mol. The van der Waals surface area contributed by atoms with Gasteiger partial charge in [-0.05, 0) is 59.1 Å². The van der Waals surface area contributed by atoms with E-state index in [1.807, 2.05) is 35.2 Å². The lowest BCUT2D eigenvalue weighted by atomic mass is 9.86. The van der Waals surface area contributed by atoms with E-state index >= 15 is 0 Å². The van der Waals surface area contributed by atoms with E-state index in [-0.39, 0.29) is 5.91 Å². The Morgan fingerprint density at radius 1 is 0.667 bits per heavy atom. The lowest BCUT2D eigenvalue weighted by Gasteiger charge is -2.31. The summed E-state index contributed by atoms with van der Waals surface area (Å²) in [7, 11) is 0. The molecule has 1 amide bonds. The number of carbonyl (C=O) groups excluding carboxylic acids is 1. The van der Waals surface area contributed by atoms with Gasteiger partial charge < -0.3 is 4.90 Å². The molecule has 0 aromatic heterocycles. The van der Waals surface area contributed by atoms with Gasteiger partial charge in [0.15, 0.2) is 0 Å². The molecule has 1 heterocycles. The highest BCUT2D eigenvalue weighted by Crippen LogP contribution is 2.38. The van der Waals surface area contributed by atoms with Crippen LogP contribution in [0.15, 0.2) is 84.4 Å². The first-order chi connectivity index (χ1) is 14.8. The van der Waals surface area contributed by atoms with Gasteiger partial charge in [-0.2, -0.15) is 0 Å². The fourth-order valence-electron chi connectivity index (χ4n) is 4.92. The molecule has 2 aliphatic rings. The van der Waals surface area contributed by atoms with Crippen molar-refractivity contribution >= 4 is 11.5 Å². The van der Waals surface area contributed by atoms with Gasteiger partial charge in [-0.25, -0.2) is 0 Å². The molecular formula is C28H27NO. The van der Waals surface area contributed by atoms with Crippen molar-refractivity contribution in [3.63, 3.8) is 0 Å². The Morgan fingerprint density at radius 2 is 1.20 bits per heavy atom. The predicted molar refractivity (Wildman–Crippen MR) is 122 cm³/mol. The zero-order chi connectivity index (χ0) is 20.3. The Morgan fingerprint density at radius 3 is 1.80 bits per heavy atom. The number of benzene rings is 3. The fourth-order valence-corrected chi connectivity index (χ4v) is 4.92. The molecule has 0 spiro atoms. The number of rotatable bonds is 2. The van der Waals surface area contributed by atoms with Gasteiger partial charge in [0.2, 0.25) is 5.91 Å². The summed E-state index contributed by atoms with van der Waals surface area (Å²) in [5, 5.41) is 0. The molecule has 0 radical (unpaired) electrons. The number of nitrogens with zero attached hydrogens (tertiary/aromatic N) is 1. The number of likely N-dealkylation sites (tertiary alicyclic amines) is 1. The van der Waals surface area contributed by atoms with E-state index in [4.69, 9.17) is 0 Å². The minimum atomic E-state index is 0.243. The second-order valence-corrected chi connectivity index (χ2v) is 8.34. The van der Waals surface area contributed by atoms with Crippen LogP contribution in [0.4, 0.5) is 0 Å². The normalized spacial score (nSPS) is 15.9. The van der Waals surface area contributed by atoms with E-state index in [0.29, 0.717) is 6.42 Å². The van der Waals surface area contributed by atoms with E-state index in [1.165, 1.54) is 33.4 Å². The molecule has 30 heavy (non-hydrogen) atoms. The van der Waals surface area contributed by atoms with E-state index in [1.54, 1.807) is 0 Å². The molecule has 2 heteroatoms. The maximum atomic E-state index is 12.8. The highest BCUT2D eigenvalue weighted by atomic mass is 16.2. The van der Waals surface area contributed by atoms with Gasteiger partial charge in [-0.3, -0.25) is 4.79 Å². The number of fused-ring (bicyclic) bond motifs is 2. The van der Waals surface area contributed by atoms with Gasteiger partial charge in [0.05, 0.1) is 6.42 Å². The molecule has 3 aromatic carbocycles. The highest BCUT2D eigenvalue weighted by Gasteiger charge is 2.25. The Hall–Kier alpha value is -3.13. The summed E-state index contributed by atoms with van der Waals surface area (Å²) in [6.45, 7) is 1.63. The number of carbonyl (C=O) groups is 1. The average Bonchev–Trinajstić information content (AvgIpc) is 2.97. The highest BCUT2D eigenvalue weighted by molar-refractivity contribution is 5.86. The van der Waals surface area contributed by atoms with Crippen molar-refractivity contribution in [2.75, 3.05) is 13.1 Å². The third-order valence-corrected chi connectivity index (χ3v) is 6.51. The average molecular weight is 394 g/mol. The van der Waals surface area contributed by atoms with Crippen LogP contribution in [0.2, 0.25) is 0 Å². The Bertz CT molecular complexity index is 1040. The lowest BCUT2D eigenvalue weighted by molar-refractivity contribution is -0.130. The van der Waals surface area contributed by atoms with Crippen LogP contribution in [-0.4, -0.2) is 23.9 Å². The van der Waals surface area contributed by atoms with Crippen molar-refractivity contribution in [1.82, 2.24) is 4.90 Å². The summed E-state index contributed by atoms with van der Waals surface area (Å²) in [4.78, 5) is 14.9. The molecule has 0 N–H and O–H groups in total. The third kappa shape index (κ3) is 3.70. The van der Waals surface area contributed by atoms with Crippen molar-refractivity contribution in [2.45, 2.75) is 32.1 Å². The molecule has 1 aliphatic carbocycles. The first-order valence-electron chi connectivity index (χ1n) is 11.0. The molecule has 150 valence electrons. The first-order valence-corrected chi connectivity index (χ1v) is 11.0. The summed E-state index contributed by atoms with van der Waals surface area (Å²) in [5.41, 5.74) is 9.69. The first kappa shape index (κ1) is 18.9. The van der Waals surface area contributed by atoms with E-state index in [0.717, 1.165) is 44.3 Å². The molecule has 0 unspecified atom stereocenters. The van der Waals surface area contributed by atoms with E-state index < -0.39 is 0 Å². The molecule has 1 saturated heterocycles. The Labute approximate surface area is 178 Å². The second-order valence-electron chi connectivity index (χ2n) is 8.34. The van der Waals surface area contributed by atoms with Gasteiger partial charge in [-0.15, -0.1) is 0 Å². The topological polar surface area (TPSA) is 20.3 Å². The quantitative estimate of drug-likeness (QED) is 0.567. The molecule has 2 nitrogen and oxygen atoms in total. The smallest absolute Gasteiger partial charge is 0.227 e. The SMILES string of the molecule is O=C(Cc1ccccc1)N1CCC(=C2c3ccccc3CCc3ccccc32)CC1. The maximum Gasteiger partial charge on any atom is 0.227 e. The number of aryl methyl sites for hydroxylation is 2. The van der Waals surface area contributed by atoms with Crippen LogP contribution in [0.1, 0.15) is 40.7 Å². The minimum absolute atomic E-state index is 0.243. The molecule has 0 bridgehead atoms. The zero-order valence-corrected chi connectivity index (χ0v) is 17.3. The van der Waals surface area contributed by atoms with Crippen molar-refractivity contribution in [3.8, 4) is 0 Å². The minimum Gasteiger partial charge on any atom is -0.342 e. The lowest BCUT2D eigenvalue weighted by Crippen LogP contribution is -2.37. The van der Waals surface area contributed by atoms with Crippen LogP contribution < -0.4 is 0 Å². The summed E-state index contributed by atoms with van der Waals surface area (Å²) >= 11 is 0. The second kappa shape index (κ2) is 8.31. The standard InChI is InChI=1S/C28H27NO/c30-27(20-21-8-2-1-3-9-21)29-18-16-24(17-19-29)28-25-12-6-4-10-22(25)14-15-23-11-5-7-13-26(23)28/h1-13H,14-20H2. The summed E-state index contributed by atoms with van der Waals surface area (Å²) in [5.74, 6) is 0.243. The largest absolute Gasteiger partial charge is 0.342 e. The third-order valence-electron chi connectivity index (χ3n) is 6.51. The number of hydrogen-bond acceptors (Lipinski definition) is 1. The molecule has 1 aliphatic heterocycles. The van der Waals surface area contributed by atoms with Gasteiger partial charge >= 0.3 is 0 Å². The van der Waals surface area contributed by atoms with Crippen LogP contribution in [0, 0.1) is 0 Å². The van der Waals surface area contributed by atoms with Crippen molar-refractivity contribution < 1.29 is 4.79 Å². The fraction of sp³-hybridized carbons (Fsp3) is 0.250. The van der Waals surface area contributed by atoms with Crippen LogP contribution in [0.3, 0.4) is 0 Å². The number of hydrogen-bond donors (Lipinski definition) is 0. The predicted octanol–water partition coefficient (Wildman–Crippen LogP) is 5.45. The molecule has 5 rings (SSSR count). The molecule has 0 atom stereocenters. The Balaban J connectivity index is 1.43. The zero-order valence-electron chi connectivity index (χ0n) is 17.3. The molecule has 3 aromatic rings. The van der Waals surface area contributed by atoms with Crippen molar-refractivity contribution in [3.05, 3.63) is 112 Å². The maximum absolute atomic E-state index is 12.8. The van der Waals surface area contributed by atoms with E-state index in [9.17, 15) is 4.79 Å². The molecular weight excluding hydrogens is 366 g/mol. The summed E-state index contributed by atoms with van der Waals surface area (Å²) < 4.78 is 0. The summed E-state index contributed by atoms with van der Waals surface area (Å²) in [6.07, 6.45) is 4.59. The van der Waals surface area contributed by atoms with Gasteiger partial charge in [0, 0.05) is 13.1 Å². The van der Waals surface area contributed by atoms with Crippen LogP contribution in [0.25, 0.3) is 5.57 Å². The van der Waals surface area contributed by atoms with Crippen molar-refractivity contribution in [1.29, 1.82) is 0 Å². The number of amides is 1. The van der Waals surface area contributed by atoms with Gasteiger partial charge in [0.1, 0.15) is 0 Å². The van der Waals surface area contributed by atoms with Gasteiger partial charge in [-0.1, -0.05) is 84.4 Å². The van der Waals surface area contributed by atoms with Gasteiger partial charge in [0.25, 0.3) is 0 Å². The van der Waals surface area contributed by atoms with Crippen LogP contribution >= 0.6 is 0 Å². The molecule has 0 saturated carbocycles. The number of piperidine rings is 1. The van der Waals surface area contributed by atoms with Crippen LogP contribution in [0.5, 0.6) is 0 Å². The van der Waals surface area contributed by atoms with Crippen molar-refractivity contribution in [2.24, 2.45) is 0 Å². The summed E-state index contributed by atoms with van der Waals surface area (Å²) in [6, 6.07) is 27.8. The molecule has 1 fully saturated rings.